The van der Waals surface area contributed by atoms with Gasteiger partial charge in [0.15, 0.2) is 0 Å². The maximum atomic E-state index is 13.7. The molecule has 0 amide bonds. The van der Waals surface area contributed by atoms with Crippen LogP contribution in [0.25, 0.3) is 11.0 Å². The Morgan fingerprint density at radius 1 is 1.14 bits per heavy atom. The maximum Gasteiger partial charge on any atom is 0.450 e. The molecule has 1 aromatic heterocycles. The van der Waals surface area contributed by atoms with Crippen LogP contribution in [0.4, 0.5) is 30.7 Å². The molecule has 0 N–H and O–H groups in total. The molecule has 16 heteroatoms. The number of nitrogens with zero attached hydrogens (tertiary/aromatic N) is 2. The number of aryl methyl sites for hydroxylation is 1. The van der Waals surface area contributed by atoms with Crippen LogP contribution in [-0.2, 0) is 16.2 Å². The van der Waals surface area contributed by atoms with E-state index >= 15 is 0 Å². The minimum atomic E-state index is -5.72. The second-order valence-corrected chi connectivity index (χ2v) is 9.16. The van der Waals surface area contributed by atoms with E-state index in [1.807, 2.05) is 0 Å². The van der Waals surface area contributed by atoms with Crippen LogP contribution < -0.4 is 4.74 Å². The fraction of sp³-hybridized carbons (Fsp3) is 0.417. The zero-order chi connectivity index (χ0) is 21.9. The van der Waals surface area contributed by atoms with Crippen molar-refractivity contribution in [1.29, 1.82) is 0 Å². The van der Waals surface area contributed by atoms with Gasteiger partial charge < -0.3 is 4.74 Å². The zero-order valence-electron chi connectivity index (χ0n) is 13.0. The molecule has 0 spiro atoms. The number of ether oxygens (including phenoxy) is 1. The molecule has 1 aromatic carbocycles. The number of aromatic nitrogens is 2. The molecule has 5 nitrogen and oxygen atoms in total. The van der Waals surface area contributed by atoms with Crippen LogP contribution in [0.15, 0.2) is 12.1 Å². The largest absolute Gasteiger partial charge is 0.450 e. The quantitative estimate of drug-likeness (QED) is 0.426. The van der Waals surface area contributed by atoms with Crippen molar-refractivity contribution in [2.75, 3.05) is 0 Å². The average Bonchev–Trinajstić information content (AvgIpc) is 2.84. The van der Waals surface area contributed by atoms with E-state index < -0.39 is 58.4 Å². The minimum absolute atomic E-state index is 0.386. The Morgan fingerprint density at radius 3 is 2.11 bits per heavy atom. The lowest BCUT2D eigenvalue weighted by Crippen LogP contribution is -2.33. The van der Waals surface area contributed by atoms with Crippen LogP contribution in [0.2, 0.25) is 0 Å². The van der Waals surface area contributed by atoms with E-state index in [0.717, 1.165) is 6.92 Å². The van der Waals surface area contributed by atoms with Gasteiger partial charge in [0, 0.05) is 6.07 Å². The number of imidazole rings is 1. The molecule has 2 aromatic rings. The van der Waals surface area contributed by atoms with Crippen molar-refractivity contribution in [3.8, 4) is 5.75 Å². The highest BCUT2D eigenvalue weighted by molar-refractivity contribution is 7.94. The van der Waals surface area contributed by atoms with Gasteiger partial charge in [-0.05, 0) is 41.8 Å². The third-order valence-electron chi connectivity index (χ3n) is 3.20. The van der Waals surface area contributed by atoms with Gasteiger partial charge in [-0.15, -0.1) is 0 Å². The molecule has 0 aliphatic carbocycles. The van der Waals surface area contributed by atoms with Crippen molar-refractivity contribution in [2.24, 2.45) is 0 Å². The minimum Gasteiger partial charge on any atom is -0.429 e. The molecule has 0 fully saturated rings. The Morgan fingerprint density at radius 2 is 1.68 bits per heavy atom. The highest BCUT2D eigenvalue weighted by Gasteiger charge is 2.49. The third-order valence-corrected chi connectivity index (χ3v) is 6.06. The van der Waals surface area contributed by atoms with Gasteiger partial charge in [-0.2, -0.15) is 34.8 Å². The predicted molar refractivity (Wildman–Crippen MR) is 85.7 cm³/mol. The zero-order valence-corrected chi connectivity index (χ0v) is 16.1. The number of rotatable bonds is 5. The Balaban J connectivity index is 2.83. The summed E-state index contributed by atoms with van der Waals surface area (Å²) in [4.78, 5) is 2.96. The maximum absolute atomic E-state index is 13.7. The van der Waals surface area contributed by atoms with E-state index in [1.54, 1.807) is 0 Å². The summed E-state index contributed by atoms with van der Waals surface area (Å²) in [6.45, 7) is 1.01. The van der Waals surface area contributed by atoms with Gasteiger partial charge in [-0.1, -0.05) is 11.6 Å². The first-order valence-corrected chi connectivity index (χ1v) is 9.30. The Labute approximate surface area is 167 Å². The van der Waals surface area contributed by atoms with E-state index in [9.17, 15) is 39.2 Å². The molecule has 1 unspecified atom stereocenters. The molecule has 0 aliphatic rings. The third kappa shape index (κ3) is 4.07. The van der Waals surface area contributed by atoms with Crippen molar-refractivity contribution in [1.82, 2.24) is 8.96 Å². The Kier molecular flexibility index (Phi) is 5.74. The van der Waals surface area contributed by atoms with Gasteiger partial charge in [0.25, 0.3) is 5.63 Å². The number of hydrogen-bond donors (Lipinski definition) is 0. The average molecular weight is 498 g/mol. The second-order valence-electron chi connectivity index (χ2n) is 5.22. The lowest BCUT2D eigenvalue weighted by atomic mass is 10.2. The van der Waals surface area contributed by atoms with E-state index in [4.69, 9.17) is 23.2 Å². The van der Waals surface area contributed by atoms with E-state index in [2.05, 4.69) is 21.3 Å². The molecule has 2 rings (SSSR count). The van der Waals surface area contributed by atoms with Crippen molar-refractivity contribution >= 4 is 55.9 Å². The fourth-order valence-corrected chi connectivity index (χ4v) is 3.46. The summed E-state index contributed by atoms with van der Waals surface area (Å²) in [7, 11) is -5.72. The summed E-state index contributed by atoms with van der Waals surface area (Å²) >= 11 is 14.3. The highest BCUT2D eigenvalue weighted by atomic mass is 35.5. The molecule has 0 radical (unpaired) electrons. The summed E-state index contributed by atoms with van der Waals surface area (Å²) in [5, 5.41) is 0. The first-order chi connectivity index (χ1) is 12.4. The number of fused-ring (bicyclic) bond motifs is 1. The van der Waals surface area contributed by atoms with Crippen molar-refractivity contribution in [3.05, 3.63) is 23.5 Å². The van der Waals surface area contributed by atoms with Gasteiger partial charge in [-0.3, -0.25) is 0 Å². The van der Waals surface area contributed by atoms with E-state index in [1.165, 1.54) is 0 Å². The molecule has 1 heterocycles. The monoisotopic (exact) mass is 496 g/mol. The standard InChI is InChI=1S/C12H6Cl3F7N2O3S/c1-4-2-6-5(3-7(4)27-11(20,21)8(13)16)23-9(10(17,18)19)24(6)28(25,26)12(14,15)22/h2-3,8H,1H3. The van der Waals surface area contributed by atoms with Crippen molar-refractivity contribution in [3.63, 3.8) is 0 Å². The molecule has 0 saturated carbocycles. The molecular weight excluding hydrogens is 492 g/mol. The van der Waals surface area contributed by atoms with E-state index in [-0.39, 0.29) is 5.56 Å². The number of halogens is 10. The van der Waals surface area contributed by atoms with Crippen LogP contribution in [0, 0.1) is 6.92 Å². The molecule has 0 bridgehead atoms. The van der Waals surface area contributed by atoms with Crippen LogP contribution in [0.3, 0.4) is 0 Å². The lowest BCUT2D eigenvalue weighted by Gasteiger charge is -2.19. The summed E-state index contributed by atoms with van der Waals surface area (Å²) < 4.78 is 116. The van der Waals surface area contributed by atoms with Crippen LogP contribution in [-0.4, -0.2) is 33.0 Å². The number of benzene rings is 1. The van der Waals surface area contributed by atoms with Gasteiger partial charge >= 0.3 is 26.2 Å². The number of alkyl halides is 10. The molecule has 0 aliphatic heterocycles. The molecule has 0 saturated heterocycles. The summed E-state index contributed by atoms with van der Waals surface area (Å²) in [5.41, 5.74) is -5.45. The summed E-state index contributed by atoms with van der Waals surface area (Å²) in [5.74, 6) is -3.02. The first kappa shape index (κ1) is 23.1. The summed E-state index contributed by atoms with van der Waals surface area (Å²) in [6, 6.07) is 1.06. The highest BCUT2D eigenvalue weighted by Crippen LogP contribution is 2.41. The molecule has 1 atom stereocenters. The smallest absolute Gasteiger partial charge is 0.429 e. The molecule has 28 heavy (non-hydrogen) atoms. The number of hydrogen-bond acceptors (Lipinski definition) is 4. The lowest BCUT2D eigenvalue weighted by molar-refractivity contribution is -0.199. The summed E-state index contributed by atoms with van der Waals surface area (Å²) in [6.07, 6.45) is -10.0. The fourth-order valence-electron chi connectivity index (χ4n) is 2.01. The topological polar surface area (TPSA) is 61.2 Å². The van der Waals surface area contributed by atoms with Crippen LogP contribution in [0.1, 0.15) is 11.4 Å². The SMILES string of the molecule is Cc1cc2c(cc1OC(F)(F)C(F)Cl)nc(C(F)(F)F)n2S(=O)(=O)C(F)(Cl)Cl. The van der Waals surface area contributed by atoms with Crippen LogP contribution >= 0.6 is 34.8 Å². The van der Waals surface area contributed by atoms with Gasteiger partial charge in [-0.25, -0.2) is 13.3 Å². The molecule has 158 valence electrons. The Bertz CT molecular complexity index is 1020. The normalized spacial score (nSPS) is 15.1. The van der Waals surface area contributed by atoms with Gasteiger partial charge in [0.1, 0.15) is 5.75 Å². The second kappa shape index (κ2) is 6.96. The molecular formula is C12H6Cl3F7N2O3S. The van der Waals surface area contributed by atoms with Gasteiger partial charge in [0.2, 0.25) is 5.82 Å². The first-order valence-electron chi connectivity index (χ1n) is 6.66. The Hall–Kier alpha value is -1.18. The van der Waals surface area contributed by atoms with E-state index in [0.29, 0.717) is 12.1 Å². The predicted octanol–water partition coefficient (Wildman–Crippen LogP) is 5.11. The van der Waals surface area contributed by atoms with Crippen LogP contribution in [0.5, 0.6) is 5.75 Å². The van der Waals surface area contributed by atoms with Crippen molar-refractivity contribution in [2.45, 2.75) is 28.8 Å². The van der Waals surface area contributed by atoms with Gasteiger partial charge in [0.05, 0.1) is 11.0 Å². The van der Waals surface area contributed by atoms with Crippen molar-refractivity contribution < 1.29 is 43.9 Å².